The van der Waals surface area contributed by atoms with Crippen molar-refractivity contribution in [2.75, 3.05) is 0 Å². The van der Waals surface area contributed by atoms with E-state index in [4.69, 9.17) is 11.6 Å². The molecular formula is C30H40ClNO. The monoisotopic (exact) mass is 465 g/mol. The highest BCUT2D eigenvalue weighted by molar-refractivity contribution is 6.21. The van der Waals surface area contributed by atoms with Gasteiger partial charge in [0.2, 0.25) is 5.91 Å². The van der Waals surface area contributed by atoms with Gasteiger partial charge in [-0.05, 0) is 50.5 Å². The van der Waals surface area contributed by atoms with Gasteiger partial charge in [0, 0.05) is 12.8 Å². The minimum atomic E-state index is -0.370. The van der Waals surface area contributed by atoms with E-state index in [9.17, 15) is 4.79 Å². The number of benzene rings is 1. The number of rotatable bonds is 17. The summed E-state index contributed by atoms with van der Waals surface area (Å²) < 4.78 is 0. The third-order valence-corrected chi connectivity index (χ3v) is 4.97. The average Bonchev–Trinajstić information content (AvgIpc) is 2.81. The Hall–Kier alpha value is -2.58. The zero-order chi connectivity index (χ0) is 23.8. The molecule has 1 unspecified atom stereocenters. The highest BCUT2D eigenvalue weighted by Crippen LogP contribution is 2.06. The van der Waals surface area contributed by atoms with Crippen molar-refractivity contribution in [2.24, 2.45) is 0 Å². The molecule has 0 aliphatic rings. The number of hydrogen-bond donors (Lipinski definition) is 1. The fraction of sp³-hybridized carbons (Fsp3) is 0.367. The van der Waals surface area contributed by atoms with Crippen LogP contribution in [0, 0.1) is 0 Å². The zero-order valence-electron chi connectivity index (χ0n) is 20.0. The van der Waals surface area contributed by atoms with Gasteiger partial charge in [0.05, 0.1) is 0 Å². The molecule has 0 aliphatic heterocycles. The Morgan fingerprint density at radius 2 is 1.21 bits per heavy atom. The lowest BCUT2D eigenvalue weighted by Crippen LogP contribution is -2.32. The highest BCUT2D eigenvalue weighted by Gasteiger charge is 2.08. The highest BCUT2D eigenvalue weighted by atomic mass is 35.5. The van der Waals surface area contributed by atoms with Crippen LogP contribution in [0.2, 0.25) is 0 Å². The molecule has 33 heavy (non-hydrogen) atoms. The van der Waals surface area contributed by atoms with E-state index in [2.05, 4.69) is 85.2 Å². The lowest BCUT2D eigenvalue weighted by Gasteiger charge is -2.11. The maximum absolute atomic E-state index is 12.0. The molecule has 2 nitrogen and oxygen atoms in total. The quantitative estimate of drug-likeness (QED) is 0.140. The Morgan fingerprint density at radius 3 is 1.70 bits per heavy atom. The Morgan fingerprint density at radius 1 is 0.758 bits per heavy atom. The summed E-state index contributed by atoms with van der Waals surface area (Å²) in [5, 5.41) is 2.85. The van der Waals surface area contributed by atoms with Gasteiger partial charge in [-0.25, -0.2) is 0 Å². The maximum Gasteiger partial charge on any atom is 0.221 e. The van der Waals surface area contributed by atoms with Crippen LogP contribution >= 0.6 is 11.6 Å². The summed E-state index contributed by atoms with van der Waals surface area (Å²) in [7, 11) is 0. The van der Waals surface area contributed by atoms with Gasteiger partial charge in [0.1, 0.15) is 5.50 Å². The third kappa shape index (κ3) is 18.7. The lowest BCUT2D eigenvalue weighted by molar-refractivity contribution is -0.121. The van der Waals surface area contributed by atoms with Crippen molar-refractivity contribution in [3.8, 4) is 0 Å². The summed E-state index contributed by atoms with van der Waals surface area (Å²) >= 11 is 6.23. The van der Waals surface area contributed by atoms with Crippen LogP contribution in [0.1, 0.15) is 63.9 Å². The van der Waals surface area contributed by atoms with Gasteiger partial charge in [0.25, 0.3) is 0 Å². The van der Waals surface area contributed by atoms with Crippen LogP contribution in [0.4, 0.5) is 0 Å². The topological polar surface area (TPSA) is 29.1 Å². The lowest BCUT2D eigenvalue weighted by atomic mass is 10.1. The second kappa shape index (κ2) is 21.3. The number of halogens is 1. The van der Waals surface area contributed by atoms with Gasteiger partial charge in [-0.2, -0.15) is 0 Å². The number of carbonyl (C=O) groups excluding carboxylic acids is 1. The summed E-state index contributed by atoms with van der Waals surface area (Å²) in [4.78, 5) is 12.0. The number of amides is 1. The first-order valence-electron chi connectivity index (χ1n) is 12.1. The number of carbonyl (C=O) groups is 1. The smallest absolute Gasteiger partial charge is 0.221 e. The second-order valence-electron chi connectivity index (χ2n) is 7.68. The molecule has 1 aromatic rings. The molecule has 0 bridgehead atoms. The van der Waals surface area contributed by atoms with E-state index in [1.165, 1.54) is 0 Å². The van der Waals surface area contributed by atoms with Gasteiger partial charge in [-0.3, -0.25) is 4.79 Å². The molecule has 0 heterocycles. The van der Waals surface area contributed by atoms with E-state index in [0.717, 1.165) is 50.5 Å². The molecule has 1 N–H and O–H groups in total. The molecule has 0 aromatic heterocycles. The van der Waals surface area contributed by atoms with Gasteiger partial charge >= 0.3 is 0 Å². The minimum Gasteiger partial charge on any atom is -0.340 e. The van der Waals surface area contributed by atoms with Crippen LogP contribution in [-0.2, 0) is 11.2 Å². The summed E-state index contributed by atoms with van der Waals surface area (Å²) in [5.74, 6) is -0.00883. The molecular weight excluding hydrogens is 426 g/mol. The van der Waals surface area contributed by atoms with E-state index in [1.54, 1.807) is 0 Å². The van der Waals surface area contributed by atoms with Crippen molar-refractivity contribution in [1.82, 2.24) is 5.32 Å². The summed E-state index contributed by atoms with van der Waals surface area (Å²) in [6.45, 7) is 2.15. The van der Waals surface area contributed by atoms with Gasteiger partial charge in [0.15, 0.2) is 0 Å². The van der Waals surface area contributed by atoms with Crippen LogP contribution in [-0.4, -0.2) is 11.4 Å². The Labute approximate surface area is 206 Å². The van der Waals surface area contributed by atoms with Crippen LogP contribution in [0.25, 0.3) is 0 Å². The summed E-state index contributed by atoms with van der Waals surface area (Å²) in [5.41, 5.74) is 0.750. The van der Waals surface area contributed by atoms with E-state index in [1.807, 2.05) is 30.3 Å². The molecule has 1 rings (SSSR count). The Balaban J connectivity index is 2.00. The molecule has 3 heteroatoms. The van der Waals surface area contributed by atoms with Crippen LogP contribution in [0.5, 0.6) is 0 Å². The molecule has 0 saturated heterocycles. The van der Waals surface area contributed by atoms with Crippen LogP contribution < -0.4 is 5.32 Å². The molecule has 0 fully saturated rings. The molecule has 0 saturated carbocycles. The first-order chi connectivity index (χ1) is 16.2. The second-order valence-corrected chi connectivity index (χ2v) is 8.21. The Bertz CT molecular complexity index is 787. The molecule has 1 atom stereocenters. The molecule has 0 spiro atoms. The van der Waals surface area contributed by atoms with Crippen molar-refractivity contribution in [3.05, 3.63) is 109 Å². The minimum absolute atomic E-state index is 0.00883. The fourth-order valence-electron chi connectivity index (χ4n) is 2.97. The largest absolute Gasteiger partial charge is 0.340 e. The van der Waals surface area contributed by atoms with Crippen molar-refractivity contribution in [1.29, 1.82) is 0 Å². The van der Waals surface area contributed by atoms with E-state index in [-0.39, 0.29) is 11.4 Å². The SMILES string of the molecule is CC/C=C\C/C=C\C/C=C\C/C=C\C/C=C\C/C=C\CCC(=O)NC(Cl)Cc1ccccc1. The van der Waals surface area contributed by atoms with Crippen molar-refractivity contribution in [3.63, 3.8) is 0 Å². The maximum atomic E-state index is 12.0. The normalized spacial score (nSPS) is 13.5. The molecule has 178 valence electrons. The zero-order valence-corrected chi connectivity index (χ0v) is 20.8. The summed E-state index contributed by atoms with van der Waals surface area (Å²) in [6, 6.07) is 9.94. The van der Waals surface area contributed by atoms with Gasteiger partial charge in [-0.15, -0.1) is 0 Å². The van der Waals surface area contributed by atoms with E-state index in [0.29, 0.717) is 12.8 Å². The predicted octanol–water partition coefficient (Wildman–Crippen LogP) is 8.39. The fourth-order valence-corrected chi connectivity index (χ4v) is 3.27. The van der Waals surface area contributed by atoms with Gasteiger partial charge in [-0.1, -0.05) is 122 Å². The summed E-state index contributed by atoms with van der Waals surface area (Å²) in [6.07, 6.45) is 33.9. The van der Waals surface area contributed by atoms with Crippen LogP contribution in [0.3, 0.4) is 0 Å². The average molecular weight is 466 g/mol. The van der Waals surface area contributed by atoms with E-state index < -0.39 is 0 Å². The van der Waals surface area contributed by atoms with E-state index >= 15 is 0 Å². The number of nitrogens with one attached hydrogen (secondary N) is 1. The standard InChI is InChI=1S/C30H40ClNO/c1-2-3-4-5-6-7-8-9-10-11-12-13-14-15-16-17-18-19-23-26-30(33)32-29(31)27-28-24-21-20-22-25-28/h3-4,6-7,9-10,12-13,15-16,18-22,24-25,29H,2,5,8,11,14,17,23,26-27H2,1H3,(H,32,33)/b4-3-,7-6-,10-9-,13-12-,16-15-,19-18-. The molecule has 1 aromatic carbocycles. The molecule has 0 aliphatic carbocycles. The first-order valence-corrected chi connectivity index (χ1v) is 12.5. The Kier molecular flexibility index (Phi) is 18.3. The van der Waals surface area contributed by atoms with Crippen LogP contribution in [0.15, 0.2) is 103 Å². The number of alkyl halides is 1. The molecule has 1 amide bonds. The predicted molar refractivity (Wildman–Crippen MR) is 145 cm³/mol. The third-order valence-electron chi connectivity index (χ3n) is 4.71. The molecule has 0 radical (unpaired) electrons. The van der Waals surface area contributed by atoms with Crippen molar-refractivity contribution < 1.29 is 4.79 Å². The first kappa shape index (κ1) is 28.5. The van der Waals surface area contributed by atoms with Crippen molar-refractivity contribution >= 4 is 17.5 Å². The number of allylic oxidation sites excluding steroid dienone is 12. The van der Waals surface area contributed by atoms with Gasteiger partial charge < -0.3 is 5.32 Å². The number of hydrogen-bond acceptors (Lipinski definition) is 1. The van der Waals surface area contributed by atoms with Crippen molar-refractivity contribution in [2.45, 2.75) is 70.2 Å².